The SMILES string of the molecule is CC1=C(C)C(C(c2ccccc2)(c2ccccc2)C(C)(C)C)C=C1. The standard InChI is InChI=1S/C24H28/c1-18-16-17-22(19(18)2)24(23(3,4)5,20-12-8-6-9-13-20)21-14-10-7-11-15-21/h6-17,22H,1-5H3. The van der Waals surface area contributed by atoms with Gasteiger partial charge in [-0.1, -0.05) is 105 Å². The molecule has 0 saturated heterocycles. The van der Waals surface area contributed by atoms with Crippen LogP contribution in [0.3, 0.4) is 0 Å². The van der Waals surface area contributed by atoms with E-state index < -0.39 is 0 Å². The Hall–Kier alpha value is -2.08. The van der Waals surface area contributed by atoms with E-state index in [2.05, 4.69) is 107 Å². The zero-order chi connectivity index (χ0) is 17.4. The first kappa shape index (κ1) is 16.8. The Kier molecular flexibility index (Phi) is 4.25. The summed E-state index contributed by atoms with van der Waals surface area (Å²) in [4.78, 5) is 0. The van der Waals surface area contributed by atoms with E-state index in [1.54, 1.807) is 0 Å². The molecular formula is C24H28. The van der Waals surface area contributed by atoms with Crippen LogP contribution >= 0.6 is 0 Å². The first-order valence-corrected chi connectivity index (χ1v) is 8.85. The van der Waals surface area contributed by atoms with Crippen LogP contribution in [0.25, 0.3) is 0 Å². The van der Waals surface area contributed by atoms with Gasteiger partial charge in [0.1, 0.15) is 0 Å². The molecule has 1 atom stereocenters. The Morgan fingerprint density at radius 2 is 1.17 bits per heavy atom. The third-order valence-corrected chi connectivity index (χ3v) is 5.73. The summed E-state index contributed by atoms with van der Waals surface area (Å²) < 4.78 is 0. The van der Waals surface area contributed by atoms with Crippen LogP contribution in [0.5, 0.6) is 0 Å². The van der Waals surface area contributed by atoms with Crippen LogP contribution in [0.15, 0.2) is 84.0 Å². The highest BCUT2D eigenvalue weighted by Crippen LogP contribution is 2.56. The minimum atomic E-state index is -0.0894. The molecule has 0 heteroatoms. The minimum Gasteiger partial charge on any atom is -0.0758 e. The summed E-state index contributed by atoms with van der Waals surface area (Å²) in [6, 6.07) is 22.1. The van der Waals surface area contributed by atoms with Gasteiger partial charge in [-0.05, 0) is 30.4 Å². The number of allylic oxidation sites excluding steroid dienone is 4. The second-order valence-corrected chi connectivity index (χ2v) is 7.99. The largest absolute Gasteiger partial charge is 0.0758 e. The van der Waals surface area contributed by atoms with Crippen molar-refractivity contribution in [2.75, 3.05) is 0 Å². The average Bonchev–Trinajstić information content (AvgIpc) is 2.89. The lowest BCUT2D eigenvalue weighted by Gasteiger charge is -2.50. The molecule has 0 heterocycles. The molecule has 0 radical (unpaired) electrons. The fraction of sp³-hybridized carbons (Fsp3) is 0.333. The van der Waals surface area contributed by atoms with E-state index in [1.807, 2.05) is 0 Å². The van der Waals surface area contributed by atoms with Crippen molar-refractivity contribution in [3.63, 3.8) is 0 Å². The van der Waals surface area contributed by atoms with Crippen LogP contribution in [0.1, 0.15) is 45.7 Å². The molecule has 0 N–H and O–H groups in total. The zero-order valence-corrected chi connectivity index (χ0v) is 15.5. The molecule has 0 bridgehead atoms. The molecule has 124 valence electrons. The third kappa shape index (κ3) is 2.45. The van der Waals surface area contributed by atoms with Gasteiger partial charge in [0, 0.05) is 11.3 Å². The molecule has 0 fully saturated rings. The van der Waals surface area contributed by atoms with E-state index >= 15 is 0 Å². The molecule has 0 saturated carbocycles. The maximum atomic E-state index is 2.41. The van der Waals surface area contributed by atoms with Crippen LogP contribution in [-0.2, 0) is 5.41 Å². The Labute approximate surface area is 146 Å². The summed E-state index contributed by atoms with van der Waals surface area (Å²) in [5, 5.41) is 0. The Balaban J connectivity index is 2.37. The molecule has 2 aromatic rings. The van der Waals surface area contributed by atoms with Crippen molar-refractivity contribution in [2.24, 2.45) is 11.3 Å². The lowest BCUT2D eigenvalue weighted by molar-refractivity contribution is 0.189. The highest BCUT2D eigenvalue weighted by molar-refractivity contribution is 5.50. The maximum Gasteiger partial charge on any atom is 0.0351 e. The number of rotatable bonds is 3. The van der Waals surface area contributed by atoms with Crippen molar-refractivity contribution in [1.82, 2.24) is 0 Å². The molecule has 24 heavy (non-hydrogen) atoms. The van der Waals surface area contributed by atoms with E-state index in [-0.39, 0.29) is 10.8 Å². The number of hydrogen-bond acceptors (Lipinski definition) is 0. The molecule has 0 aromatic heterocycles. The monoisotopic (exact) mass is 316 g/mol. The first-order valence-electron chi connectivity index (χ1n) is 8.85. The van der Waals surface area contributed by atoms with Crippen molar-refractivity contribution in [1.29, 1.82) is 0 Å². The van der Waals surface area contributed by atoms with Crippen molar-refractivity contribution in [2.45, 2.75) is 40.0 Å². The highest BCUT2D eigenvalue weighted by Gasteiger charge is 2.51. The fourth-order valence-corrected chi connectivity index (χ4v) is 4.49. The molecule has 1 aliphatic rings. The fourth-order valence-electron chi connectivity index (χ4n) is 4.49. The normalized spacial score (nSPS) is 18.3. The molecule has 1 unspecified atom stereocenters. The van der Waals surface area contributed by atoms with Crippen molar-refractivity contribution in [3.8, 4) is 0 Å². The number of benzene rings is 2. The van der Waals surface area contributed by atoms with Gasteiger partial charge in [0.2, 0.25) is 0 Å². The Morgan fingerprint density at radius 1 is 0.708 bits per heavy atom. The highest BCUT2D eigenvalue weighted by atomic mass is 14.5. The predicted molar refractivity (Wildman–Crippen MR) is 104 cm³/mol. The van der Waals surface area contributed by atoms with E-state index in [0.717, 1.165) is 0 Å². The smallest absolute Gasteiger partial charge is 0.0351 e. The van der Waals surface area contributed by atoms with Gasteiger partial charge >= 0.3 is 0 Å². The van der Waals surface area contributed by atoms with Crippen LogP contribution in [-0.4, -0.2) is 0 Å². The first-order chi connectivity index (χ1) is 11.4. The second kappa shape index (κ2) is 6.09. The average molecular weight is 316 g/mol. The van der Waals surface area contributed by atoms with Gasteiger partial charge < -0.3 is 0 Å². The van der Waals surface area contributed by atoms with Crippen molar-refractivity contribution in [3.05, 3.63) is 95.1 Å². The minimum absolute atomic E-state index is 0.0661. The van der Waals surface area contributed by atoms with E-state index in [4.69, 9.17) is 0 Å². The van der Waals surface area contributed by atoms with Gasteiger partial charge in [-0.3, -0.25) is 0 Å². The molecular weight excluding hydrogens is 288 g/mol. The van der Waals surface area contributed by atoms with Crippen molar-refractivity contribution >= 4 is 0 Å². The summed E-state index contributed by atoms with van der Waals surface area (Å²) in [5.41, 5.74) is 5.66. The number of hydrogen-bond donors (Lipinski definition) is 0. The van der Waals surface area contributed by atoms with Crippen LogP contribution in [0.4, 0.5) is 0 Å². The maximum absolute atomic E-state index is 2.41. The van der Waals surface area contributed by atoms with Crippen LogP contribution in [0.2, 0.25) is 0 Å². The Morgan fingerprint density at radius 3 is 1.50 bits per heavy atom. The molecule has 3 rings (SSSR count). The van der Waals surface area contributed by atoms with Gasteiger partial charge in [0.25, 0.3) is 0 Å². The van der Waals surface area contributed by atoms with E-state index in [0.29, 0.717) is 5.92 Å². The third-order valence-electron chi connectivity index (χ3n) is 5.73. The summed E-state index contributed by atoms with van der Waals surface area (Å²) in [5.74, 6) is 0.377. The zero-order valence-electron chi connectivity index (χ0n) is 15.5. The van der Waals surface area contributed by atoms with Gasteiger partial charge in [0.15, 0.2) is 0 Å². The summed E-state index contributed by atoms with van der Waals surface area (Å²) in [6.07, 6.45) is 4.71. The Bertz CT molecular complexity index is 715. The molecule has 0 spiro atoms. The van der Waals surface area contributed by atoms with Crippen LogP contribution in [0, 0.1) is 11.3 Å². The quantitative estimate of drug-likeness (QED) is 0.603. The molecule has 0 nitrogen and oxygen atoms in total. The van der Waals surface area contributed by atoms with Crippen molar-refractivity contribution < 1.29 is 0 Å². The molecule has 2 aromatic carbocycles. The summed E-state index contributed by atoms with van der Waals surface area (Å²) in [6.45, 7) is 11.7. The molecule has 0 aliphatic heterocycles. The summed E-state index contributed by atoms with van der Waals surface area (Å²) >= 11 is 0. The van der Waals surface area contributed by atoms with Crippen LogP contribution < -0.4 is 0 Å². The lowest BCUT2D eigenvalue weighted by atomic mass is 9.52. The van der Waals surface area contributed by atoms with Gasteiger partial charge in [-0.25, -0.2) is 0 Å². The topological polar surface area (TPSA) is 0 Å². The molecule has 1 aliphatic carbocycles. The van der Waals surface area contributed by atoms with Gasteiger partial charge in [-0.15, -0.1) is 0 Å². The molecule has 0 amide bonds. The summed E-state index contributed by atoms with van der Waals surface area (Å²) in [7, 11) is 0. The van der Waals surface area contributed by atoms with E-state index in [1.165, 1.54) is 22.3 Å². The van der Waals surface area contributed by atoms with E-state index in [9.17, 15) is 0 Å². The predicted octanol–water partition coefficient (Wildman–Crippen LogP) is 6.54. The van der Waals surface area contributed by atoms with Gasteiger partial charge in [0.05, 0.1) is 0 Å². The van der Waals surface area contributed by atoms with Gasteiger partial charge in [-0.2, -0.15) is 0 Å². The lowest BCUT2D eigenvalue weighted by Crippen LogP contribution is -2.47. The second-order valence-electron chi connectivity index (χ2n) is 7.99.